The van der Waals surface area contributed by atoms with Crippen molar-refractivity contribution in [3.8, 4) is 11.5 Å². The zero-order chi connectivity index (χ0) is 16.1. The third-order valence-electron chi connectivity index (χ3n) is 3.82. The van der Waals surface area contributed by atoms with Gasteiger partial charge in [-0.05, 0) is 37.1 Å². The Hall–Kier alpha value is -1.55. The summed E-state index contributed by atoms with van der Waals surface area (Å²) in [6.07, 6.45) is 2.41. The monoisotopic (exact) mass is 305 g/mol. The molecule has 1 aliphatic rings. The molecular weight excluding hydrogens is 278 g/mol. The standard InChI is InChI=1S/C18H27NO3/c1-12(2)18(20)11-21-15-5-7-16(8-6-15)22-17-9-14(10-17)19-13(3)4/h5-8,12-14,17,19H,9-11H2,1-4H3. The molecule has 1 aromatic carbocycles. The van der Waals surface area contributed by atoms with Crippen molar-refractivity contribution in [2.75, 3.05) is 6.61 Å². The highest BCUT2D eigenvalue weighted by atomic mass is 16.5. The molecular formula is C18H27NO3. The third kappa shape index (κ3) is 5.02. The molecule has 0 bridgehead atoms. The summed E-state index contributed by atoms with van der Waals surface area (Å²) in [4.78, 5) is 11.5. The lowest BCUT2D eigenvalue weighted by molar-refractivity contribution is -0.123. The lowest BCUT2D eigenvalue weighted by Gasteiger charge is -2.37. The highest BCUT2D eigenvalue weighted by Crippen LogP contribution is 2.27. The van der Waals surface area contributed by atoms with Crippen LogP contribution in [-0.4, -0.2) is 30.6 Å². The first-order chi connectivity index (χ1) is 10.4. The maximum absolute atomic E-state index is 11.5. The average molecular weight is 305 g/mol. The predicted octanol–water partition coefficient (Wildman–Crippen LogP) is 3.20. The molecule has 0 unspecified atom stereocenters. The van der Waals surface area contributed by atoms with Crippen LogP contribution in [-0.2, 0) is 4.79 Å². The number of Topliss-reactive ketones (excluding diaryl/α,β-unsaturated/α-hetero) is 1. The molecule has 1 aliphatic carbocycles. The van der Waals surface area contributed by atoms with Crippen LogP contribution in [0, 0.1) is 5.92 Å². The molecule has 22 heavy (non-hydrogen) atoms. The quantitative estimate of drug-likeness (QED) is 0.801. The molecule has 0 saturated heterocycles. The van der Waals surface area contributed by atoms with Gasteiger partial charge in [0.05, 0.1) is 0 Å². The van der Waals surface area contributed by atoms with E-state index in [0.29, 0.717) is 23.9 Å². The minimum Gasteiger partial charge on any atom is -0.490 e. The van der Waals surface area contributed by atoms with Gasteiger partial charge in [0.25, 0.3) is 0 Å². The average Bonchev–Trinajstić information content (AvgIpc) is 2.43. The zero-order valence-electron chi connectivity index (χ0n) is 14.0. The maximum atomic E-state index is 11.5. The molecule has 2 rings (SSSR count). The Balaban J connectivity index is 1.72. The van der Waals surface area contributed by atoms with E-state index in [1.165, 1.54) is 0 Å². The fraction of sp³-hybridized carbons (Fsp3) is 0.611. The van der Waals surface area contributed by atoms with Crippen molar-refractivity contribution in [2.24, 2.45) is 5.92 Å². The van der Waals surface area contributed by atoms with E-state index in [1.807, 2.05) is 38.1 Å². The van der Waals surface area contributed by atoms with Crippen LogP contribution in [0.25, 0.3) is 0 Å². The summed E-state index contributed by atoms with van der Waals surface area (Å²) < 4.78 is 11.4. The van der Waals surface area contributed by atoms with E-state index in [4.69, 9.17) is 9.47 Å². The minimum atomic E-state index is 0.00798. The molecule has 122 valence electrons. The first-order valence-corrected chi connectivity index (χ1v) is 8.12. The number of hydrogen-bond acceptors (Lipinski definition) is 4. The zero-order valence-corrected chi connectivity index (χ0v) is 14.0. The molecule has 0 atom stereocenters. The summed E-state index contributed by atoms with van der Waals surface area (Å²) in [5, 5.41) is 3.51. The van der Waals surface area contributed by atoms with Crippen LogP contribution in [0.4, 0.5) is 0 Å². The van der Waals surface area contributed by atoms with Gasteiger partial charge in [0.1, 0.15) is 24.2 Å². The van der Waals surface area contributed by atoms with Crippen molar-refractivity contribution in [3.63, 3.8) is 0 Å². The fourth-order valence-corrected chi connectivity index (χ4v) is 2.40. The number of nitrogens with one attached hydrogen (secondary N) is 1. The Kier molecular flexibility index (Phi) is 5.83. The number of ether oxygens (including phenoxy) is 2. The van der Waals surface area contributed by atoms with Crippen LogP contribution in [0.1, 0.15) is 40.5 Å². The molecule has 1 fully saturated rings. The molecule has 0 spiro atoms. The maximum Gasteiger partial charge on any atom is 0.172 e. The van der Waals surface area contributed by atoms with E-state index in [1.54, 1.807) is 0 Å². The van der Waals surface area contributed by atoms with Crippen molar-refractivity contribution >= 4 is 5.78 Å². The van der Waals surface area contributed by atoms with Gasteiger partial charge < -0.3 is 14.8 Å². The van der Waals surface area contributed by atoms with Gasteiger partial charge in [0.15, 0.2) is 5.78 Å². The Morgan fingerprint density at radius 1 is 1.14 bits per heavy atom. The number of carbonyl (C=O) groups is 1. The van der Waals surface area contributed by atoms with Crippen LogP contribution in [0.15, 0.2) is 24.3 Å². The molecule has 0 radical (unpaired) electrons. The van der Waals surface area contributed by atoms with Crippen molar-refractivity contribution in [3.05, 3.63) is 24.3 Å². The van der Waals surface area contributed by atoms with Gasteiger partial charge in [0, 0.05) is 18.0 Å². The van der Waals surface area contributed by atoms with E-state index < -0.39 is 0 Å². The van der Waals surface area contributed by atoms with Crippen molar-refractivity contribution in [1.29, 1.82) is 0 Å². The molecule has 1 aromatic rings. The lowest BCUT2D eigenvalue weighted by atomic mass is 9.88. The number of rotatable bonds is 8. The van der Waals surface area contributed by atoms with Crippen LogP contribution >= 0.6 is 0 Å². The van der Waals surface area contributed by atoms with Gasteiger partial charge in [-0.15, -0.1) is 0 Å². The third-order valence-corrected chi connectivity index (χ3v) is 3.82. The first-order valence-electron chi connectivity index (χ1n) is 8.12. The number of hydrogen-bond donors (Lipinski definition) is 1. The number of benzene rings is 1. The van der Waals surface area contributed by atoms with E-state index in [-0.39, 0.29) is 18.3 Å². The Labute approximate surface area is 133 Å². The molecule has 0 heterocycles. The summed E-state index contributed by atoms with van der Waals surface area (Å²) in [7, 11) is 0. The molecule has 4 heteroatoms. The van der Waals surface area contributed by atoms with E-state index in [9.17, 15) is 4.79 Å². The van der Waals surface area contributed by atoms with Crippen molar-refractivity contribution in [1.82, 2.24) is 5.32 Å². The van der Waals surface area contributed by atoms with Gasteiger partial charge in [-0.25, -0.2) is 0 Å². The van der Waals surface area contributed by atoms with Gasteiger partial charge in [-0.3, -0.25) is 4.79 Å². The highest BCUT2D eigenvalue weighted by molar-refractivity contribution is 5.81. The molecule has 0 aliphatic heterocycles. The number of ketones is 1. The van der Waals surface area contributed by atoms with Crippen LogP contribution in [0.5, 0.6) is 11.5 Å². The normalized spacial score (nSPS) is 20.8. The molecule has 0 aromatic heterocycles. The van der Waals surface area contributed by atoms with Gasteiger partial charge in [-0.2, -0.15) is 0 Å². The Morgan fingerprint density at radius 3 is 2.27 bits per heavy atom. The summed E-state index contributed by atoms with van der Waals surface area (Å²) in [5.41, 5.74) is 0. The Bertz CT molecular complexity index is 476. The van der Waals surface area contributed by atoms with Gasteiger partial charge >= 0.3 is 0 Å². The second kappa shape index (κ2) is 7.63. The van der Waals surface area contributed by atoms with E-state index in [0.717, 1.165) is 18.6 Å². The predicted molar refractivity (Wildman–Crippen MR) is 87.5 cm³/mol. The highest BCUT2D eigenvalue weighted by Gasteiger charge is 2.30. The Morgan fingerprint density at radius 2 is 1.73 bits per heavy atom. The largest absolute Gasteiger partial charge is 0.490 e. The summed E-state index contributed by atoms with van der Waals surface area (Å²) >= 11 is 0. The summed E-state index contributed by atoms with van der Waals surface area (Å²) in [6.45, 7) is 8.21. The summed E-state index contributed by atoms with van der Waals surface area (Å²) in [5.74, 6) is 1.68. The van der Waals surface area contributed by atoms with Crippen molar-refractivity contribution < 1.29 is 14.3 Å². The van der Waals surface area contributed by atoms with E-state index >= 15 is 0 Å². The van der Waals surface area contributed by atoms with Crippen LogP contribution in [0.2, 0.25) is 0 Å². The van der Waals surface area contributed by atoms with Crippen LogP contribution < -0.4 is 14.8 Å². The molecule has 1 N–H and O–H groups in total. The first kappa shape index (κ1) is 16.8. The topological polar surface area (TPSA) is 47.6 Å². The van der Waals surface area contributed by atoms with E-state index in [2.05, 4.69) is 19.2 Å². The minimum absolute atomic E-state index is 0.00798. The second-order valence-corrected chi connectivity index (χ2v) is 6.61. The number of carbonyl (C=O) groups excluding carboxylic acids is 1. The fourth-order valence-electron chi connectivity index (χ4n) is 2.40. The lowest BCUT2D eigenvalue weighted by Crippen LogP contribution is -2.49. The van der Waals surface area contributed by atoms with Gasteiger partial charge in [-0.1, -0.05) is 27.7 Å². The second-order valence-electron chi connectivity index (χ2n) is 6.61. The smallest absolute Gasteiger partial charge is 0.172 e. The molecule has 0 amide bonds. The van der Waals surface area contributed by atoms with Crippen molar-refractivity contribution in [2.45, 2.75) is 58.7 Å². The SMILES string of the molecule is CC(C)NC1CC(Oc2ccc(OCC(=O)C(C)C)cc2)C1. The molecule has 4 nitrogen and oxygen atoms in total. The molecule has 1 saturated carbocycles. The van der Waals surface area contributed by atoms with Crippen LogP contribution in [0.3, 0.4) is 0 Å². The summed E-state index contributed by atoms with van der Waals surface area (Å²) in [6, 6.07) is 8.61. The van der Waals surface area contributed by atoms with Gasteiger partial charge in [0.2, 0.25) is 0 Å².